The molecule has 0 bridgehead atoms. The first-order valence-corrected chi connectivity index (χ1v) is 3.99. The number of nitrogens with zero attached hydrogens (tertiary/aromatic N) is 3. The van der Waals surface area contributed by atoms with Crippen molar-refractivity contribution in [3.05, 3.63) is 30.6 Å². The zero-order chi connectivity index (χ0) is 8.81. The van der Waals surface area contributed by atoms with Gasteiger partial charge in [0.2, 0.25) is 0 Å². The van der Waals surface area contributed by atoms with Crippen LogP contribution >= 0.6 is 0 Å². The van der Waals surface area contributed by atoms with Crippen molar-refractivity contribution in [1.29, 1.82) is 0 Å². The summed E-state index contributed by atoms with van der Waals surface area (Å²) in [6.45, 7) is 4.00. The highest BCUT2D eigenvalue weighted by Gasteiger charge is 1.89. The van der Waals surface area contributed by atoms with Crippen LogP contribution in [0.5, 0.6) is 0 Å². The SMILES string of the molecule is CC.c1cnc2nnccc2c1. The summed E-state index contributed by atoms with van der Waals surface area (Å²) in [5.41, 5.74) is 0.699. The van der Waals surface area contributed by atoms with E-state index in [2.05, 4.69) is 15.2 Å². The normalized spacial score (nSPS) is 8.83. The number of hydrogen-bond donors (Lipinski definition) is 0. The monoisotopic (exact) mass is 161 g/mol. The first kappa shape index (κ1) is 8.59. The van der Waals surface area contributed by atoms with Gasteiger partial charge in [0, 0.05) is 11.6 Å². The lowest BCUT2D eigenvalue weighted by Gasteiger charge is -1.89. The summed E-state index contributed by atoms with van der Waals surface area (Å²) in [6.07, 6.45) is 3.36. The van der Waals surface area contributed by atoms with Crippen LogP contribution in [-0.2, 0) is 0 Å². The Bertz CT molecular complexity index is 281. The van der Waals surface area contributed by atoms with Gasteiger partial charge in [0.05, 0.1) is 6.20 Å². The molecule has 0 aliphatic carbocycles. The lowest BCUT2D eigenvalue weighted by molar-refractivity contribution is 1.05. The van der Waals surface area contributed by atoms with Crippen LogP contribution in [0.25, 0.3) is 11.0 Å². The Morgan fingerprint density at radius 2 is 1.92 bits per heavy atom. The van der Waals surface area contributed by atoms with Gasteiger partial charge in [-0.15, -0.1) is 5.10 Å². The molecule has 0 N–H and O–H groups in total. The highest BCUT2D eigenvalue weighted by Crippen LogP contribution is 2.03. The van der Waals surface area contributed by atoms with Crippen LogP contribution in [0.15, 0.2) is 30.6 Å². The molecule has 2 aromatic rings. The first-order chi connectivity index (χ1) is 5.97. The highest BCUT2D eigenvalue weighted by molar-refractivity contribution is 5.72. The summed E-state index contributed by atoms with van der Waals surface area (Å²) < 4.78 is 0. The average molecular weight is 161 g/mol. The maximum atomic E-state index is 4.01. The van der Waals surface area contributed by atoms with E-state index in [1.54, 1.807) is 12.4 Å². The van der Waals surface area contributed by atoms with E-state index in [0.29, 0.717) is 5.65 Å². The fourth-order valence-electron chi connectivity index (χ4n) is 0.825. The molecule has 2 heterocycles. The molecule has 2 rings (SSSR count). The maximum absolute atomic E-state index is 4.01. The molecule has 3 heteroatoms. The fourth-order valence-corrected chi connectivity index (χ4v) is 0.825. The summed E-state index contributed by atoms with van der Waals surface area (Å²) in [5, 5.41) is 8.55. The molecular weight excluding hydrogens is 150 g/mol. The topological polar surface area (TPSA) is 38.7 Å². The van der Waals surface area contributed by atoms with Crippen molar-refractivity contribution >= 4 is 11.0 Å². The van der Waals surface area contributed by atoms with Crippen molar-refractivity contribution in [3.63, 3.8) is 0 Å². The van der Waals surface area contributed by atoms with Gasteiger partial charge in [0.15, 0.2) is 5.65 Å². The van der Waals surface area contributed by atoms with Crippen LogP contribution in [0, 0.1) is 0 Å². The largest absolute Gasteiger partial charge is 0.235 e. The molecule has 12 heavy (non-hydrogen) atoms. The standard InChI is InChI=1S/C7H5N3.C2H6/c1-2-6-3-5-9-10-7(6)8-4-1;1-2/h1-5H;1-2H3. The van der Waals surface area contributed by atoms with Gasteiger partial charge in [-0.05, 0) is 18.2 Å². The van der Waals surface area contributed by atoms with Gasteiger partial charge < -0.3 is 0 Å². The number of hydrogen-bond acceptors (Lipinski definition) is 3. The highest BCUT2D eigenvalue weighted by atomic mass is 15.1. The predicted octanol–water partition coefficient (Wildman–Crippen LogP) is 2.05. The molecule has 0 radical (unpaired) electrons. The molecule has 0 saturated heterocycles. The van der Waals surface area contributed by atoms with E-state index in [4.69, 9.17) is 0 Å². The number of pyridine rings is 1. The molecule has 0 aliphatic heterocycles. The maximum Gasteiger partial charge on any atom is 0.181 e. The summed E-state index contributed by atoms with van der Waals surface area (Å²) in [6, 6.07) is 5.72. The number of fused-ring (bicyclic) bond motifs is 1. The minimum Gasteiger partial charge on any atom is -0.235 e. The molecule has 2 aromatic heterocycles. The second-order valence-corrected chi connectivity index (χ2v) is 1.95. The fraction of sp³-hybridized carbons (Fsp3) is 0.222. The molecule has 0 atom stereocenters. The van der Waals surface area contributed by atoms with Gasteiger partial charge in [-0.25, -0.2) is 4.98 Å². The zero-order valence-corrected chi connectivity index (χ0v) is 7.23. The predicted molar refractivity (Wildman–Crippen MR) is 48.7 cm³/mol. The Morgan fingerprint density at radius 1 is 1.08 bits per heavy atom. The van der Waals surface area contributed by atoms with Crippen molar-refractivity contribution < 1.29 is 0 Å². The molecular formula is C9H11N3. The van der Waals surface area contributed by atoms with Gasteiger partial charge in [0.1, 0.15) is 0 Å². The molecule has 0 aromatic carbocycles. The lowest BCUT2D eigenvalue weighted by atomic mass is 10.3. The van der Waals surface area contributed by atoms with Gasteiger partial charge >= 0.3 is 0 Å². The third-order valence-electron chi connectivity index (χ3n) is 1.29. The van der Waals surface area contributed by atoms with Gasteiger partial charge in [0.25, 0.3) is 0 Å². The van der Waals surface area contributed by atoms with Crippen molar-refractivity contribution in [2.24, 2.45) is 0 Å². The average Bonchev–Trinajstić information content (AvgIpc) is 2.21. The van der Waals surface area contributed by atoms with Crippen molar-refractivity contribution in [1.82, 2.24) is 15.2 Å². The summed E-state index contributed by atoms with van der Waals surface area (Å²) >= 11 is 0. The van der Waals surface area contributed by atoms with Crippen molar-refractivity contribution in [3.8, 4) is 0 Å². The van der Waals surface area contributed by atoms with Crippen LogP contribution in [-0.4, -0.2) is 15.2 Å². The van der Waals surface area contributed by atoms with Crippen LogP contribution in [0.4, 0.5) is 0 Å². The Morgan fingerprint density at radius 3 is 2.67 bits per heavy atom. The number of rotatable bonds is 0. The molecule has 0 fully saturated rings. The van der Waals surface area contributed by atoms with Gasteiger partial charge in [-0.3, -0.25) is 0 Å². The van der Waals surface area contributed by atoms with Crippen molar-refractivity contribution in [2.75, 3.05) is 0 Å². The molecule has 0 aliphatic rings. The zero-order valence-electron chi connectivity index (χ0n) is 7.23. The summed E-state index contributed by atoms with van der Waals surface area (Å²) in [7, 11) is 0. The second kappa shape index (κ2) is 4.38. The quantitative estimate of drug-likeness (QED) is 0.593. The Balaban J connectivity index is 0.000000336. The minimum atomic E-state index is 0.699. The van der Waals surface area contributed by atoms with E-state index in [1.165, 1.54) is 0 Å². The second-order valence-electron chi connectivity index (χ2n) is 1.95. The van der Waals surface area contributed by atoms with E-state index in [0.717, 1.165) is 5.39 Å². The third-order valence-corrected chi connectivity index (χ3v) is 1.29. The van der Waals surface area contributed by atoms with E-state index >= 15 is 0 Å². The lowest BCUT2D eigenvalue weighted by Crippen LogP contribution is -1.83. The summed E-state index contributed by atoms with van der Waals surface area (Å²) in [4.78, 5) is 4.01. The van der Waals surface area contributed by atoms with Crippen LogP contribution in [0.1, 0.15) is 13.8 Å². The molecule has 0 amide bonds. The van der Waals surface area contributed by atoms with Gasteiger partial charge in [-0.1, -0.05) is 13.8 Å². The Labute approximate surface area is 71.5 Å². The smallest absolute Gasteiger partial charge is 0.181 e. The molecule has 0 unspecified atom stereocenters. The molecule has 62 valence electrons. The summed E-state index contributed by atoms with van der Waals surface area (Å²) in [5.74, 6) is 0. The third kappa shape index (κ3) is 1.75. The first-order valence-electron chi connectivity index (χ1n) is 3.99. The molecule has 0 spiro atoms. The van der Waals surface area contributed by atoms with E-state index in [1.807, 2.05) is 32.0 Å². The van der Waals surface area contributed by atoms with Gasteiger partial charge in [-0.2, -0.15) is 5.10 Å². The molecule has 0 saturated carbocycles. The van der Waals surface area contributed by atoms with Crippen LogP contribution in [0.3, 0.4) is 0 Å². The number of aromatic nitrogens is 3. The van der Waals surface area contributed by atoms with E-state index < -0.39 is 0 Å². The van der Waals surface area contributed by atoms with Crippen LogP contribution in [0.2, 0.25) is 0 Å². The van der Waals surface area contributed by atoms with E-state index in [9.17, 15) is 0 Å². The minimum absolute atomic E-state index is 0.699. The van der Waals surface area contributed by atoms with Crippen LogP contribution < -0.4 is 0 Å². The van der Waals surface area contributed by atoms with Crippen molar-refractivity contribution in [2.45, 2.75) is 13.8 Å². The molecule has 3 nitrogen and oxygen atoms in total. The Kier molecular flexibility index (Phi) is 3.14. The Hall–Kier alpha value is -1.51. The van der Waals surface area contributed by atoms with E-state index in [-0.39, 0.29) is 0 Å².